The molecule has 0 aliphatic carbocycles. The molecule has 0 radical (unpaired) electrons. The van der Waals surface area contributed by atoms with E-state index in [-0.39, 0.29) is 5.91 Å². The van der Waals surface area contributed by atoms with Gasteiger partial charge in [-0.05, 0) is 30.0 Å². The molecular formula is C17H19N5OS. The molecule has 4 heterocycles. The summed E-state index contributed by atoms with van der Waals surface area (Å²) in [4.78, 5) is 20.2. The van der Waals surface area contributed by atoms with Gasteiger partial charge in [0.15, 0.2) is 0 Å². The van der Waals surface area contributed by atoms with Crippen LogP contribution in [0.25, 0.3) is 0 Å². The van der Waals surface area contributed by atoms with Crippen molar-refractivity contribution in [2.24, 2.45) is 5.92 Å². The highest BCUT2D eigenvalue weighted by molar-refractivity contribution is 7.12. The molecule has 0 fully saturated rings. The summed E-state index contributed by atoms with van der Waals surface area (Å²) in [7, 11) is 0. The summed E-state index contributed by atoms with van der Waals surface area (Å²) < 4.78 is 4.09. The predicted molar refractivity (Wildman–Crippen MR) is 91.7 cm³/mol. The Morgan fingerprint density at radius 1 is 1.33 bits per heavy atom. The Hall–Kier alpha value is -2.41. The second-order valence-electron chi connectivity index (χ2n) is 6.21. The number of aryl methyl sites for hydroxylation is 1. The quantitative estimate of drug-likeness (QED) is 0.735. The van der Waals surface area contributed by atoms with Crippen LogP contribution in [0.4, 0.5) is 0 Å². The molecule has 1 aliphatic rings. The molecule has 0 bridgehead atoms. The van der Waals surface area contributed by atoms with Crippen molar-refractivity contribution in [1.29, 1.82) is 0 Å². The Morgan fingerprint density at radius 3 is 3.00 bits per heavy atom. The normalized spacial score (nSPS) is 17.5. The molecule has 0 N–H and O–H groups in total. The van der Waals surface area contributed by atoms with Crippen LogP contribution in [-0.2, 0) is 19.6 Å². The van der Waals surface area contributed by atoms with E-state index in [0.29, 0.717) is 19.0 Å². The van der Waals surface area contributed by atoms with Crippen molar-refractivity contribution in [3.63, 3.8) is 0 Å². The van der Waals surface area contributed by atoms with Crippen molar-refractivity contribution in [3.8, 4) is 0 Å². The molecule has 0 saturated heterocycles. The lowest BCUT2D eigenvalue weighted by Crippen LogP contribution is -2.35. The molecule has 24 heavy (non-hydrogen) atoms. The first-order valence-electron chi connectivity index (χ1n) is 8.01. The van der Waals surface area contributed by atoms with E-state index in [4.69, 9.17) is 0 Å². The summed E-state index contributed by atoms with van der Waals surface area (Å²) >= 11 is 1.51. The monoisotopic (exact) mass is 341 g/mol. The maximum absolute atomic E-state index is 13.0. The maximum atomic E-state index is 13.0. The molecule has 1 amide bonds. The van der Waals surface area contributed by atoms with Crippen LogP contribution in [0.2, 0.25) is 0 Å². The lowest BCUT2D eigenvalue weighted by atomic mass is 10.1. The molecule has 4 rings (SSSR count). The zero-order valence-electron chi connectivity index (χ0n) is 13.5. The number of amides is 1. The molecule has 3 aromatic heterocycles. The minimum atomic E-state index is 0.101. The molecule has 0 spiro atoms. The number of carbonyl (C=O) groups excluding carboxylic acids is 1. The fraction of sp³-hybridized carbons (Fsp3) is 0.353. The smallest absolute Gasteiger partial charge is 0.264 e. The number of imidazole rings is 1. The van der Waals surface area contributed by atoms with Gasteiger partial charge in [0.1, 0.15) is 5.82 Å². The van der Waals surface area contributed by atoms with Crippen LogP contribution in [0.15, 0.2) is 42.3 Å². The van der Waals surface area contributed by atoms with Gasteiger partial charge in [0, 0.05) is 50.3 Å². The van der Waals surface area contributed by atoms with Crippen LogP contribution in [0, 0.1) is 12.8 Å². The van der Waals surface area contributed by atoms with Gasteiger partial charge in [0.2, 0.25) is 0 Å². The van der Waals surface area contributed by atoms with Gasteiger partial charge in [-0.1, -0.05) is 0 Å². The molecule has 6 nitrogen and oxygen atoms in total. The van der Waals surface area contributed by atoms with E-state index < -0.39 is 0 Å². The number of nitrogens with zero attached hydrogens (tertiary/aromatic N) is 5. The lowest BCUT2D eigenvalue weighted by molar-refractivity contribution is 0.0717. The van der Waals surface area contributed by atoms with Crippen molar-refractivity contribution < 1.29 is 4.79 Å². The standard InChI is InChI=1S/C17H19N5OS/c1-13-3-8-24-16(13)17(23)21-10-14(11-22-6-2-4-19-22)9-20-7-5-18-15(20)12-21/h2-8,14H,9-12H2,1H3. The second kappa shape index (κ2) is 6.24. The van der Waals surface area contributed by atoms with E-state index in [1.54, 1.807) is 6.20 Å². The van der Waals surface area contributed by atoms with Crippen LogP contribution >= 0.6 is 11.3 Å². The van der Waals surface area contributed by atoms with Gasteiger partial charge in [-0.25, -0.2) is 4.98 Å². The second-order valence-corrected chi connectivity index (χ2v) is 7.12. The number of fused-ring (bicyclic) bond motifs is 1. The largest absolute Gasteiger partial charge is 0.333 e. The zero-order valence-corrected chi connectivity index (χ0v) is 14.3. The number of thiophene rings is 1. The third-order valence-corrected chi connectivity index (χ3v) is 5.42. The van der Waals surface area contributed by atoms with Crippen molar-refractivity contribution in [1.82, 2.24) is 24.2 Å². The molecule has 1 unspecified atom stereocenters. The topological polar surface area (TPSA) is 56.0 Å². The van der Waals surface area contributed by atoms with E-state index in [2.05, 4.69) is 14.6 Å². The molecule has 0 aromatic carbocycles. The first-order valence-corrected chi connectivity index (χ1v) is 8.89. The van der Waals surface area contributed by atoms with Crippen LogP contribution in [0.3, 0.4) is 0 Å². The number of aromatic nitrogens is 4. The highest BCUT2D eigenvalue weighted by Crippen LogP contribution is 2.23. The highest BCUT2D eigenvalue weighted by atomic mass is 32.1. The fourth-order valence-corrected chi connectivity index (χ4v) is 4.11. The van der Waals surface area contributed by atoms with Crippen molar-refractivity contribution in [2.45, 2.75) is 26.6 Å². The summed E-state index contributed by atoms with van der Waals surface area (Å²) in [5, 5.41) is 6.28. The van der Waals surface area contributed by atoms with Crippen molar-refractivity contribution >= 4 is 17.2 Å². The SMILES string of the molecule is Cc1ccsc1C(=O)N1Cc2nccn2CC(Cn2cccn2)C1. The number of carbonyl (C=O) groups is 1. The first kappa shape index (κ1) is 15.1. The average molecular weight is 341 g/mol. The van der Waals surface area contributed by atoms with Gasteiger partial charge in [0.25, 0.3) is 5.91 Å². The Balaban J connectivity index is 1.61. The molecule has 124 valence electrons. The molecule has 3 aromatic rings. The zero-order chi connectivity index (χ0) is 16.5. The molecule has 1 atom stereocenters. The maximum Gasteiger partial charge on any atom is 0.264 e. The molecule has 1 aliphatic heterocycles. The minimum Gasteiger partial charge on any atom is -0.333 e. The Labute approximate surface area is 144 Å². The van der Waals surface area contributed by atoms with Crippen LogP contribution in [-0.4, -0.2) is 36.7 Å². The highest BCUT2D eigenvalue weighted by Gasteiger charge is 2.27. The Bertz CT molecular complexity index is 835. The first-order chi connectivity index (χ1) is 11.7. The molecular weight excluding hydrogens is 322 g/mol. The van der Waals surface area contributed by atoms with Gasteiger partial charge >= 0.3 is 0 Å². The van der Waals surface area contributed by atoms with Gasteiger partial charge in [-0.2, -0.15) is 5.10 Å². The predicted octanol–water partition coefficient (Wildman–Crippen LogP) is 2.42. The summed E-state index contributed by atoms with van der Waals surface area (Å²) in [5.41, 5.74) is 1.04. The number of hydrogen-bond acceptors (Lipinski definition) is 4. The van der Waals surface area contributed by atoms with Crippen LogP contribution in [0.5, 0.6) is 0 Å². The summed E-state index contributed by atoms with van der Waals surface area (Å²) in [6.45, 7) is 4.89. The summed E-state index contributed by atoms with van der Waals surface area (Å²) in [6.07, 6.45) is 7.56. The van der Waals surface area contributed by atoms with Crippen LogP contribution in [0.1, 0.15) is 21.1 Å². The molecule has 0 saturated carbocycles. The van der Waals surface area contributed by atoms with E-state index in [9.17, 15) is 4.79 Å². The van der Waals surface area contributed by atoms with Gasteiger partial charge in [0.05, 0.1) is 11.4 Å². The Morgan fingerprint density at radius 2 is 2.25 bits per heavy atom. The third kappa shape index (κ3) is 2.87. The van der Waals surface area contributed by atoms with Gasteiger partial charge < -0.3 is 9.47 Å². The number of rotatable bonds is 3. The van der Waals surface area contributed by atoms with Crippen molar-refractivity contribution in [3.05, 3.63) is 58.6 Å². The summed E-state index contributed by atoms with van der Waals surface area (Å²) in [5.74, 6) is 1.34. The average Bonchev–Trinajstić information content (AvgIpc) is 3.28. The van der Waals surface area contributed by atoms with E-state index in [1.807, 2.05) is 52.6 Å². The fourth-order valence-electron chi connectivity index (χ4n) is 3.22. The minimum absolute atomic E-state index is 0.101. The number of hydrogen-bond donors (Lipinski definition) is 0. The van der Waals surface area contributed by atoms with Gasteiger partial charge in [-0.15, -0.1) is 11.3 Å². The van der Waals surface area contributed by atoms with E-state index in [0.717, 1.165) is 29.4 Å². The van der Waals surface area contributed by atoms with Gasteiger partial charge in [-0.3, -0.25) is 9.48 Å². The third-order valence-electron chi connectivity index (χ3n) is 4.42. The molecule has 7 heteroatoms. The van der Waals surface area contributed by atoms with Crippen LogP contribution < -0.4 is 0 Å². The Kier molecular flexibility index (Phi) is 3.93. The van der Waals surface area contributed by atoms with E-state index >= 15 is 0 Å². The van der Waals surface area contributed by atoms with Crippen molar-refractivity contribution in [2.75, 3.05) is 6.54 Å². The van der Waals surface area contributed by atoms with E-state index in [1.165, 1.54) is 11.3 Å². The summed E-state index contributed by atoms with van der Waals surface area (Å²) in [6, 6.07) is 3.93. The lowest BCUT2D eigenvalue weighted by Gasteiger charge is -2.24.